The van der Waals surface area contributed by atoms with Gasteiger partial charge in [0.05, 0.1) is 13.2 Å². The molecule has 2 aromatic carbocycles. The van der Waals surface area contributed by atoms with Gasteiger partial charge in [-0.25, -0.2) is 4.98 Å². The normalized spacial score (nSPS) is 12.7. The highest BCUT2D eigenvalue weighted by Crippen LogP contribution is 2.26. The summed E-state index contributed by atoms with van der Waals surface area (Å²) in [6.45, 7) is 6.69. The summed E-state index contributed by atoms with van der Waals surface area (Å²) in [6, 6.07) is 11.9. The number of aryl methyl sites for hydroxylation is 4. The molecule has 0 bridgehead atoms. The van der Waals surface area contributed by atoms with E-state index >= 15 is 0 Å². The molecule has 168 valence electrons. The van der Waals surface area contributed by atoms with Crippen LogP contribution in [-0.4, -0.2) is 41.0 Å². The molecule has 3 rings (SSSR count). The number of aromatic nitrogens is 2. The smallest absolute Gasteiger partial charge is 0.130 e. The Labute approximate surface area is 190 Å². The van der Waals surface area contributed by atoms with Gasteiger partial charge in [-0.3, -0.25) is 0 Å². The van der Waals surface area contributed by atoms with Gasteiger partial charge in [0.15, 0.2) is 0 Å². The van der Waals surface area contributed by atoms with E-state index in [1.165, 1.54) is 5.56 Å². The zero-order chi connectivity index (χ0) is 21.7. The molecule has 2 atom stereocenters. The molecule has 0 aliphatic rings. The lowest BCUT2D eigenvalue weighted by atomic mass is 10.1. The maximum atomic E-state index is 10.6. The second-order valence-corrected chi connectivity index (χ2v) is 7.71. The van der Waals surface area contributed by atoms with Crippen LogP contribution >= 0.6 is 12.4 Å². The summed E-state index contributed by atoms with van der Waals surface area (Å²) in [7, 11) is 3.61. The van der Waals surface area contributed by atoms with Crippen molar-refractivity contribution in [3.8, 4) is 11.5 Å². The monoisotopic (exact) mass is 445 g/mol. The quantitative estimate of drug-likeness (QED) is 0.523. The number of ether oxygens (including phenoxy) is 2. The van der Waals surface area contributed by atoms with E-state index in [4.69, 9.17) is 9.47 Å². The Morgan fingerprint density at radius 3 is 2.45 bits per heavy atom. The van der Waals surface area contributed by atoms with Gasteiger partial charge in [-0.2, -0.15) is 0 Å². The average Bonchev–Trinajstić information content (AvgIpc) is 3.13. The molecule has 0 aliphatic carbocycles. The number of methoxy groups -OCH3 is 1. The van der Waals surface area contributed by atoms with E-state index < -0.39 is 6.10 Å². The SMILES string of the molecule is COc1cccc(C(NCC(O)COc2c(C)cc(C)cc2C)c2nccn2C)c1.Cl. The maximum absolute atomic E-state index is 10.6. The second-order valence-electron chi connectivity index (χ2n) is 7.71. The number of hydrogen-bond donors (Lipinski definition) is 2. The van der Waals surface area contributed by atoms with E-state index in [0.29, 0.717) is 6.54 Å². The number of aliphatic hydroxyl groups is 1. The van der Waals surface area contributed by atoms with Gasteiger partial charge in [-0.15, -0.1) is 12.4 Å². The van der Waals surface area contributed by atoms with Gasteiger partial charge >= 0.3 is 0 Å². The van der Waals surface area contributed by atoms with Gasteiger partial charge in [0, 0.05) is 26.0 Å². The molecule has 31 heavy (non-hydrogen) atoms. The first kappa shape index (κ1) is 24.7. The van der Waals surface area contributed by atoms with Gasteiger partial charge in [0.2, 0.25) is 0 Å². The topological polar surface area (TPSA) is 68.5 Å². The molecule has 1 aromatic heterocycles. The van der Waals surface area contributed by atoms with Gasteiger partial charge < -0.3 is 24.5 Å². The highest BCUT2D eigenvalue weighted by molar-refractivity contribution is 5.85. The first-order valence-electron chi connectivity index (χ1n) is 10.1. The third-order valence-electron chi connectivity index (χ3n) is 5.13. The summed E-state index contributed by atoms with van der Waals surface area (Å²) >= 11 is 0. The molecule has 0 saturated carbocycles. The summed E-state index contributed by atoms with van der Waals surface area (Å²) < 4.78 is 13.3. The van der Waals surface area contributed by atoms with E-state index in [1.54, 1.807) is 13.3 Å². The molecule has 6 nitrogen and oxygen atoms in total. The Hall–Kier alpha value is -2.54. The lowest BCUT2D eigenvalue weighted by Gasteiger charge is -2.22. The van der Waals surface area contributed by atoms with Crippen LogP contribution in [0, 0.1) is 20.8 Å². The first-order valence-corrected chi connectivity index (χ1v) is 10.1. The molecule has 3 aromatic rings. The van der Waals surface area contributed by atoms with Crippen LogP contribution in [0.2, 0.25) is 0 Å². The zero-order valence-corrected chi connectivity index (χ0v) is 19.6. The van der Waals surface area contributed by atoms with Crippen LogP contribution in [0.1, 0.15) is 34.1 Å². The minimum atomic E-state index is -0.668. The number of imidazole rings is 1. The van der Waals surface area contributed by atoms with Crippen molar-refractivity contribution >= 4 is 12.4 Å². The number of nitrogens with one attached hydrogen (secondary N) is 1. The predicted octanol–water partition coefficient (Wildman–Crippen LogP) is 3.89. The van der Waals surface area contributed by atoms with Crippen LogP contribution < -0.4 is 14.8 Å². The van der Waals surface area contributed by atoms with Crippen LogP contribution in [0.25, 0.3) is 0 Å². The van der Waals surface area contributed by atoms with E-state index in [9.17, 15) is 5.11 Å². The number of halogens is 1. The predicted molar refractivity (Wildman–Crippen MR) is 125 cm³/mol. The second kappa shape index (κ2) is 11.2. The number of benzene rings is 2. The molecule has 0 amide bonds. The lowest BCUT2D eigenvalue weighted by Crippen LogP contribution is -2.35. The Bertz CT molecular complexity index is 967. The molecular weight excluding hydrogens is 414 g/mol. The average molecular weight is 446 g/mol. The van der Waals surface area contributed by atoms with Gasteiger partial charge in [0.1, 0.15) is 30.0 Å². The fourth-order valence-electron chi connectivity index (χ4n) is 3.72. The van der Waals surface area contributed by atoms with Crippen molar-refractivity contribution in [3.63, 3.8) is 0 Å². The highest BCUT2D eigenvalue weighted by atomic mass is 35.5. The maximum Gasteiger partial charge on any atom is 0.130 e. The Morgan fingerprint density at radius 2 is 1.84 bits per heavy atom. The van der Waals surface area contributed by atoms with Crippen molar-refractivity contribution in [2.75, 3.05) is 20.3 Å². The van der Waals surface area contributed by atoms with E-state index in [-0.39, 0.29) is 25.1 Å². The van der Waals surface area contributed by atoms with Crippen LogP contribution in [0.5, 0.6) is 11.5 Å². The molecule has 0 saturated heterocycles. The van der Waals surface area contributed by atoms with Crippen molar-refractivity contribution < 1.29 is 14.6 Å². The van der Waals surface area contributed by atoms with Crippen molar-refractivity contribution in [2.24, 2.45) is 7.05 Å². The number of rotatable bonds is 9. The molecule has 1 heterocycles. The fraction of sp³-hybridized carbons (Fsp3) is 0.375. The van der Waals surface area contributed by atoms with Gasteiger partial charge in [-0.05, 0) is 49.6 Å². The summed E-state index contributed by atoms with van der Waals surface area (Å²) in [6.07, 6.45) is 3.01. The molecule has 0 spiro atoms. The van der Waals surface area contributed by atoms with E-state index in [2.05, 4.69) is 29.4 Å². The Kier molecular flexibility index (Phi) is 8.92. The van der Waals surface area contributed by atoms with Crippen molar-refractivity contribution in [2.45, 2.75) is 32.9 Å². The van der Waals surface area contributed by atoms with Gasteiger partial charge in [0.25, 0.3) is 0 Å². The third kappa shape index (κ3) is 6.23. The summed E-state index contributed by atoms with van der Waals surface area (Å²) in [5.41, 5.74) is 4.38. The van der Waals surface area contributed by atoms with Crippen LogP contribution in [0.4, 0.5) is 0 Å². The van der Waals surface area contributed by atoms with Crippen LogP contribution in [-0.2, 0) is 7.05 Å². The largest absolute Gasteiger partial charge is 0.497 e. The lowest BCUT2D eigenvalue weighted by molar-refractivity contribution is 0.104. The summed E-state index contributed by atoms with van der Waals surface area (Å²) in [5, 5.41) is 14.0. The first-order chi connectivity index (χ1) is 14.4. The zero-order valence-electron chi connectivity index (χ0n) is 18.8. The molecule has 0 aliphatic heterocycles. The van der Waals surface area contributed by atoms with Crippen LogP contribution in [0.15, 0.2) is 48.8 Å². The molecule has 2 N–H and O–H groups in total. The fourth-order valence-corrected chi connectivity index (χ4v) is 3.72. The number of nitrogens with zero attached hydrogens (tertiary/aromatic N) is 2. The number of aliphatic hydroxyl groups excluding tert-OH is 1. The van der Waals surface area contributed by atoms with Crippen LogP contribution in [0.3, 0.4) is 0 Å². The minimum absolute atomic E-state index is 0. The highest BCUT2D eigenvalue weighted by Gasteiger charge is 2.20. The third-order valence-corrected chi connectivity index (χ3v) is 5.13. The Balaban J connectivity index is 0.00000341. The van der Waals surface area contributed by atoms with Crippen molar-refractivity contribution in [1.82, 2.24) is 14.9 Å². The van der Waals surface area contributed by atoms with Gasteiger partial charge in [-0.1, -0.05) is 29.8 Å². The molecule has 0 fully saturated rings. The van der Waals surface area contributed by atoms with Crippen molar-refractivity contribution in [3.05, 3.63) is 76.9 Å². The number of hydrogen-bond acceptors (Lipinski definition) is 5. The summed E-state index contributed by atoms with van der Waals surface area (Å²) in [5.74, 6) is 2.48. The summed E-state index contributed by atoms with van der Waals surface area (Å²) in [4.78, 5) is 4.50. The molecular formula is C24H32ClN3O3. The van der Waals surface area contributed by atoms with E-state index in [1.807, 2.05) is 55.9 Å². The standard InChI is InChI=1S/C24H31N3O3.ClH/c1-16-11-17(2)23(18(3)12-16)30-15-20(28)14-26-22(24-25-9-10-27(24)4)19-7-6-8-21(13-19)29-5;/h6-13,20,22,26,28H,14-15H2,1-5H3;1H. The molecule has 7 heteroatoms. The van der Waals surface area contributed by atoms with Crippen molar-refractivity contribution in [1.29, 1.82) is 0 Å². The minimum Gasteiger partial charge on any atom is -0.497 e. The Morgan fingerprint density at radius 1 is 1.13 bits per heavy atom. The molecule has 2 unspecified atom stereocenters. The van der Waals surface area contributed by atoms with E-state index in [0.717, 1.165) is 34.0 Å². The molecule has 0 radical (unpaired) electrons.